The Kier molecular flexibility index (Phi) is 6.12. The van der Waals surface area contributed by atoms with Gasteiger partial charge in [-0.15, -0.1) is 0 Å². The van der Waals surface area contributed by atoms with Crippen molar-refractivity contribution in [1.82, 2.24) is 0 Å². The summed E-state index contributed by atoms with van der Waals surface area (Å²) in [5.74, 6) is 1.02. The second-order valence-corrected chi connectivity index (χ2v) is 11.7. The van der Waals surface area contributed by atoms with Gasteiger partial charge in [-0.05, 0) is 80.8 Å². The van der Waals surface area contributed by atoms with Crippen molar-refractivity contribution in [1.29, 1.82) is 0 Å². The third-order valence-electron chi connectivity index (χ3n) is 10.5. The molecule has 0 aliphatic heterocycles. The molecule has 190 valence electrons. The fraction of sp³-hybridized carbons (Fsp3) is 0.655. The molecule has 3 saturated carbocycles. The summed E-state index contributed by atoms with van der Waals surface area (Å²) in [5, 5.41) is 24.4. The molecule has 0 spiro atoms. The van der Waals surface area contributed by atoms with Crippen LogP contribution in [0.4, 0.5) is 0 Å². The first kappa shape index (κ1) is 24.5. The van der Waals surface area contributed by atoms with E-state index in [0.29, 0.717) is 29.5 Å². The SMILES string of the molecule is COC1(/C(C)=N/O)[C@H](O)CC2C3CC=C4CC(OC(=O)c5ccccc5)CC[C@]4(C)C3CC[C@@]21C. The van der Waals surface area contributed by atoms with E-state index in [1.807, 2.05) is 18.2 Å². The van der Waals surface area contributed by atoms with E-state index in [4.69, 9.17) is 9.47 Å². The number of oxime groups is 1. The molecule has 1 aromatic rings. The van der Waals surface area contributed by atoms with E-state index >= 15 is 0 Å². The monoisotopic (exact) mass is 481 g/mol. The van der Waals surface area contributed by atoms with Crippen molar-refractivity contribution in [2.45, 2.75) is 83.5 Å². The quantitative estimate of drug-likeness (QED) is 0.198. The average Bonchev–Trinajstić information content (AvgIpc) is 3.10. The molecule has 2 N–H and O–H groups in total. The van der Waals surface area contributed by atoms with Crippen LogP contribution in [0.15, 0.2) is 47.1 Å². The number of rotatable bonds is 4. The summed E-state index contributed by atoms with van der Waals surface area (Å²) in [6.07, 6.45) is 7.93. The number of methoxy groups -OCH3 is 1. The van der Waals surface area contributed by atoms with Gasteiger partial charge in [-0.25, -0.2) is 4.79 Å². The number of aliphatic hydroxyl groups excluding tert-OH is 1. The summed E-state index contributed by atoms with van der Waals surface area (Å²) in [5.41, 5.74) is 1.35. The van der Waals surface area contributed by atoms with Gasteiger partial charge in [-0.2, -0.15) is 0 Å². The van der Waals surface area contributed by atoms with E-state index in [1.54, 1.807) is 26.2 Å². The van der Waals surface area contributed by atoms with E-state index in [2.05, 4.69) is 25.1 Å². The summed E-state index contributed by atoms with van der Waals surface area (Å²) in [4.78, 5) is 12.6. The average molecular weight is 482 g/mol. The Morgan fingerprint density at radius 3 is 2.54 bits per heavy atom. The fourth-order valence-corrected chi connectivity index (χ4v) is 8.77. The van der Waals surface area contributed by atoms with E-state index in [0.717, 1.165) is 38.5 Å². The van der Waals surface area contributed by atoms with E-state index in [-0.39, 0.29) is 28.8 Å². The first-order valence-electron chi connectivity index (χ1n) is 13.1. The molecule has 35 heavy (non-hydrogen) atoms. The predicted octanol–water partition coefficient (Wildman–Crippen LogP) is 5.38. The molecule has 5 rings (SSSR count). The zero-order valence-electron chi connectivity index (χ0n) is 21.4. The lowest BCUT2D eigenvalue weighted by Crippen LogP contribution is -2.60. The molecule has 6 heteroatoms. The van der Waals surface area contributed by atoms with Gasteiger partial charge in [0.25, 0.3) is 0 Å². The minimum Gasteiger partial charge on any atom is -0.458 e. The van der Waals surface area contributed by atoms with Crippen LogP contribution in [0.25, 0.3) is 0 Å². The topological polar surface area (TPSA) is 88.3 Å². The van der Waals surface area contributed by atoms with Gasteiger partial charge in [0, 0.05) is 18.9 Å². The maximum Gasteiger partial charge on any atom is 0.338 e. The van der Waals surface area contributed by atoms with Crippen LogP contribution in [0.2, 0.25) is 0 Å². The Hall–Kier alpha value is -2.18. The van der Waals surface area contributed by atoms with Crippen LogP contribution in [0, 0.1) is 28.6 Å². The van der Waals surface area contributed by atoms with Crippen LogP contribution in [0.1, 0.15) is 76.1 Å². The summed E-state index contributed by atoms with van der Waals surface area (Å²) in [6.45, 7) is 6.40. The molecular formula is C29H39NO5. The zero-order chi connectivity index (χ0) is 25.0. The molecule has 0 amide bonds. The van der Waals surface area contributed by atoms with Crippen LogP contribution in [-0.2, 0) is 9.47 Å². The molecule has 4 aliphatic carbocycles. The van der Waals surface area contributed by atoms with Crippen LogP contribution in [0.5, 0.6) is 0 Å². The molecule has 8 atom stereocenters. The minimum atomic E-state index is -0.953. The van der Waals surface area contributed by atoms with Crippen molar-refractivity contribution in [2.75, 3.05) is 7.11 Å². The van der Waals surface area contributed by atoms with Crippen LogP contribution in [0.3, 0.4) is 0 Å². The number of aliphatic hydroxyl groups is 1. The van der Waals surface area contributed by atoms with Crippen molar-refractivity contribution in [3.8, 4) is 0 Å². The van der Waals surface area contributed by atoms with Crippen molar-refractivity contribution < 1.29 is 24.6 Å². The van der Waals surface area contributed by atoms with Gasteiger partial charge >= 0.3 is 5.97 Å². The van der Waals surface area contributed by atoms with Gasteiger partial charge in [-0.3, -0.25) is 0 Å². The van der Waals surface area contributed by atoms with Crippen molar-refractivity contribution >= 4 is 11.7 Å². The molecule has 0 bridgehead atoms. The molecule has 6 nitrogen and oxygen atoms in total. The first-order chi connectivity index (χ1) is 16.7. The second-order valence-electron chi connectivity index (χ2n) is 11.7. The Bertz CT molecular complexity index is 1040. The number of fused-ring (bicyclic) bond motifs is 5. The van der Waals surface area contributed by atoms with Crippen LogP contribution >= 0.6 is 0 Å². The highest BCUT2D eigenvalue weighted by Crippen LogP contribution is 2.68. The Balaban J connectivity index is 1.38. The second kappa shape index (κ2) is 8.74. The van der Waals surface area contributed by atoms with Gasteiger partial charge < -0.3 is 19.8 Å². The number of hydrogen-bond acceptors (Lipinski definition) is 6. The molecule has 0 saturated heterocycles. The summed E-state index contributed by atoms with van der Waals surface area (Å²) >= 11 is 0. The maximum absolute atomic E-state index is 12.6. The number of nitrogens with zero attached hydrogens (tertiary/aromatic N) is 1. The lowest BCUT2D eigenvalue weighted by Gasteiger charge is -2.59. The van der Waals surface area contributed by atoms with Crippen molar-refractivity contribution in [3.63, 3.8) is 0 Å². The van der Waals surface area contributed by atoms with Crippen molar-refractivity contribution in [3.05, 3.63) is 47.5 Å². The zero-order valence-corrected chi connectivity index (χ0v) is 21.4. The highest BCUT2D eigenvalue weighted by atomic mass is 16.5. The first-order valence-corrected chi connectivity index (χ1v) is 13.1. The molecule has 0 aromatic heterocycles. The maximum atomic E-state index is 12.6. The van der Waals surface area contributed by atoms with E-state index < -0.39 is 11.7 Å². The van der Waals surface area contributed by atoms with Crippen molar-refractivity contribution in [2.24, 2.45) is 33.7 Å². The third kappa shape index (κ3) is 3.43. The number of hydrogen-bond donors (Lipinski definition) is 2. The number of benzene rings is 1. The molecule has 4 aliphatic rings. The smallest absolute Gasteiger partial charge is 0.338 e. The lowest BCUT2D eigenvalue weighted by atomic mass is 9.46. The Morgan fingerprint density at radius 2 is 1.86 bits per heavy atom. The number of ether oxygens (including phenoxy) is 2. The molecule has 3 fully saturated rings. The Labute approximate surface area is 208 Å². The fourth-order valence-electron chi connectivity index (χ4n) is 8.77. The van der Waals surface area contributed by atoms with Gasteiger partial charge in [-0.1, -0.05) is 48.9 Å². The van der Waals surface area contributed by atoms with Gasteiger partial charge in [0.1, 0.15) is 11.7 Å². The largest absolute Gasteiger partial charge is 0.458 e. The summed E-state index contributed by atoms with van der Waals surface area (Å²) in [6, 6.07) is 9.23. The third-order valence-corrected chi connectivity index (χ3v) is 10.5. The van der Waals surface area contributed by atoms with E-state index in [1.165, 1.54) is 5.57 Å². The molecule has 5 unspecified atom stereocenters. The van der Waals surface area contributed by atoms with Gasteiger partial charge in [0.05, 0.1) is 17.4 Å². The molecule has 0 heterocycles. The standard InChI is InChI=1S/C29H39NO5/c1-18(30-33)29(34-4)25(31)17-24-22-11-10-20-16-21(35-26(32)19-8-6-5-7-9-19)12-14-27(20,2)23(22)13-15-28(24,29)3/h5-10,21-25,31,33H,11-17H2,1-4H3/b30-18+/t21?,22?,23?,24?,25-,27+,28+,29?/m1/s1. The van der Waals surface area contributed by atoms with Crippen LogP contribution < -0.4 is 0 Å². The van der Waals surface area contributed by atoms with Crippen LogP contribution in [-0.4, -0.2) is 46.9 Å². The lowest BCUT2D eigenvalue weighted by molar-refractivity contribution is -0.131. The number of carbonyl (C=O) groups excluding carboxylic acids is 1. The highest BCUT2D eigenvalue weighted by molar-refractivity contribution is 5.92. The van der Waals surface area contributed by atoms with Gasteiger partial charge in [0.2, 0.25) is 0 Å². The predicted molar refractivity (Wildman–Crippen MR) is 133 cm³/mol. The van der Waals surface area contributed by atoms with Gasteiger partial charge in [0.15, 0.2) is 0 Å². The Morgan fingerprint density at radius 1 is 1.11 bits per heavy atom. The number of esters is 1. The summed E-state index contributed by atoms with van der Waals surface area (Å²) < 4.78 is 12.0. The molecule has 0 radical (unpaired) electrons. The normalized spacial score (nSPS) is 42.9. The molecule has 1 aromatic carbocycles. The number of allylic oxidation sites excluding steroid dienone is 1. The summed E-state index contributed by atoms with van der Waals surface area (Å²) in [7, 11) is 1.63. The minimum absolute atomic E-state index is 0.0784. The highest BCUT2D eigenvalue weighted by Gasteiger charge is 2.69. The molecular weight excluding hydrogens is 442 g/mol. The number of carbonyl (C=O) groups is 1. The van der Waals surface area contributed by atoms with E-state index in [9.17, 15) is 15.1 Å².